The van der Waals surface area contributed by atoms with Crippen LogP contribution in [-0.2, 0) is 0 Å². The van der Waals surface area contributed by atoms with Crippen molar-refractivity contribution in [2.45, 2.75) is 5.16 Å². The average Bonchev–Trinajstić information content (AvgIpc) is 2.72. The van der Waals surface area contributed by atoms with Gasteiger partial charge < -0.3 is 4.42 Å². The van der Waals surface area contributed by atoms with Gasteiger partial charge in [0.1, 0.15) is 0 Å². The van der Waals surface area contributed by atoms with E-state index < -0.39 is 0 Å². The summed E-state index contributed by atoms with van der Waals surface area (Å²) in [5.41, 5.74) is 0. The molecule has 0 amide bonds. The van der Waals surface area contributed by atoms with Crippen LogP contribution in [0, 0.1) is 0 Å². The second-order valence-electron chi connectivity index (χ2n) is 2.40. The van der Waals surface area contributed by atoms with Crippen LogP contribution in [0.3, 0.4) is 0 Å². The number of rotatable bonds is 2. The number of hydrogen-bond donors (Lipinski definition) is 0. The molecule has 14 heavy (non-hydrogen) atoms. The quantitative estimate of drug-likeness (QED) is 0.555. The molecule has 0 unspecified atom stereocenters. The molecule has 70 valence electrons. The third-order valence-corrected chi connectivity index (χ3v) is 2.23. The second kappa shape index (κ2) is 4.06. The number of nitrogens with zero attached hydrogens (tertiary/aromatic N) is 2. The third kappa shape index (κ3) is 2.00. The van der Waals surface area contributed by atoms with Gasteiger partial charge in [-0.1, -0.05) is 0 Å². The van der Waals surface area contributed by atoms with Gasteiger partial charge in [-0.15, -0.1) is 0 Å². The topological polar surface area (TPSA) is 56.0 Å². The molecule has 0 aromatic carbocycles. The lowest BCUT2D eigenvalue weighted by Crippen LogP contribution is -1.93. The zero-order valence-electron chi connectivity index (χ0n) is 7.08. The first-order chi connectivity index (χ1) is 6.86. The number of thioether (sulfide) groups is 1. The molecule has 2 heterocycles. The molecule has 0 aliphatic carbocycles. The summed E-state index contributed by atoms with van der Waals surface area (Å²) in [5.74, 6) is 0.308. The van der Waals surface area contributed by atoms with Gasteiger partial charge in [0.2, 0.25) is 0 Å². The lowest BCUT2D eigenvalue weighted by Gasteiger charge is -1.94. The van der Waals surface area contributed by atoms with Crippen molar-refractivity contribution < 1.29 is 9.21 Å². The Balaban J connectivity index is 2.10. The van der Waals surface area contributed by atoms with E-state index in [9.17, 15) is 4.79 Å². The Kier molecular flexibility index (Phi) is 2.60. The maximum Gasteiger partial charge on any atom is 0.262 e. The Bertz CT molecular complexity index is 414. The molecule has 0 saturated carbocycles. The minimum Gasteiger partial charge on any atom is -0.460 e. The molecule has 0 aliphatic rings. The smallest absolute Gasteiger partial charge is 0.262 e. The van der Waals surface area contributed by atoms with Gasteiger partial charge in [0.05, 0.1) is 6.26 Å². The molecular weight excluding hydrogens is 200 g/mol. The SMILES string of the molecule is O=C(Sc1ncccn1)c1ccco1. The van der Waals surface area contributed by atoms with E-state index >= 15 is 0 Å². The van der Waals surface area contributed by atoms with Crippen molar-refractivity contribution >= 4 is 16.9 Å². The van der Waals surface area contributed by atoms with Crippen LogP contribution in [0.25, 0.3) is 0 Å². The zero-order valence-corrected chi connectivity index (χ0v) is 7.90. The Hall–Kier alpha value is -1.62. The van der Waals surface area contributed by atoms with Gasteiger partial charge in [0.15, 0.2) is 10.9 Å². The maximum absolute atomic E-state index is 11.5. The van der Waals surface area contributed by atoms with E-state index in [1.54, 1.807) is 30.6 Å². The van der Waals surface area contributed by atoms with Crippen LogP contribution < -0.4 is 0 Å². The standard InChI is InChI=1S/C9H6N2O2S/c12-8(7-3-1-6-13-7)14-9-10-4-2-5-11-9/h1-6H. The summed E-state index contributed by atoms with van der Waals surface area (Å²) in [6.45, 7) is 0. The Labute approximate surface area is 84.4 Å². The highest BCUT2D eigenvalue weighted by Gasteiger charge is 2.11. The van der Waals surface area contributed by atoms with Crippen LogP contribution in [0.15, 0.2) is 46.4 Å². The fraction of sp³-hybridized carbons (Fsp3) is 0. The van der Waals surface area contributed by atoms with Crippen LogP contribution in [-0.4, -0.2) is 15.1 Å². The molecular formula is C9H6N2O2S. The van der Waals surface area contributed by atoms with Crippen molar-refractivity contribution in [2.24, 2.45) is 0 Å². The Morgan fingerprint density at radius 1 is 1.29 bits per heavy atom. The first-order valence-electron chi connectivity index (χ1n) is 3.89. The van der Waals surface area contributed by atoms with Gasteiger partial charge in [-0.05, 0) is 30.0 Å². The summed E-state index contributed by atoms with van der Waals surface area (Å²) in [4.78, 5) is 19.3. The minimum absolute atomic E-state index is 0.193. The molecule has 0 N–H and O–H groups in total. The van der Waals surface area contributed by atoms with Crippen LogP contribution in [0.1, 0.15) is 10.6 Å². The molecule has 5 heteroatoms. The predicted molar refractivity (Wildman–Crippen MR) is 50.9 cm³/mol. The summed E-state index contributed by atoms with van der Waals surface area (Å²) in [6, 6.07) is 4.97. The van der Waals surface area contributed by atoms with Crippen LogP contribution in [0.4, 0.5) is 0 Å². The lowest BCUT2D eigenvalue weighted by atomic mass is 10.5. The molecule has 0 fully saturated rings. The number of carbonyl (C=O) groups is 1. The molecule has 0 spiro atoms. The third-order valence-electron chi connectivity index (χ3n) is 1.45. The highest BCUT2D eigenvalue weighted by atomic mass is 32.2. The normalized spacial score (nSPS) is 10.0. The molecule has 0 aliphatic heterocycles. The van der Waals surface area contributed by atoms with E-state index in [4.69, 9.17) is 4.42 Å². The van der Waals surface area contributed by atoms with Crippen molar-refractivity contribution in [3.05, 3.63) is 42.6 Å². The van der Waals surface area contributed by atoms with Crippen LogP contribution in [0.5, 0.6) is 0 Å². The van der Waals surface area contributed by atoms with Crippen molar-refractivity contribution in [2.75, 3.05) is 0 Å². The zero-order chi connectivity index (χ0) is 9.80. The van der Waals surface area contributed by atoms with Crippen molar-refractivity contribution in [1.29, 1.82) is 0 Å². The summed E-state index contributed by atoms with van der Waals surface area (Å²) < 4.78 is 4.94. The average molecular weight is 206 g/mol. The number of hydrogen-bond acceptors (Lipinski definition) is 5. The van der Waals surface area contributed by atoms with Crippen molar-refractivity contribution in [1.82, 2.24) is 9.97 Å². The first kappa shape index (κ1) is 8.96. The van der Waals surface area contributed by atoms with Gasteiger partial charge in [0.25, 0.3) is 5.12 Å². The molecule has 0 atom stereocenters. The highest BCUT2D eigenvalue weighted by molar-refractivity contribution is 8.14. The van der Waals surface area contributed by atoms with E-state index in [0.29, 0.717) is 10.9 Å². The largest absolute Gasteiger partial charge is 0.460 e. The Morgan fingerprint density at radius 3 is 2.71 bits per heavy atom. The number of aromatic nitrogens is 2. The van der Waals surface area contributed by atoms with Crippen molar-refractivity contribution in [3.63, 3.8) is 0 Å². The van der Waals surface area contributed by atoms with E-state index in [0.717, 1.165) is 11.8 Å². The van der Waals surface area contributed by atoms with Gasteiger partial charge in [0, 0.05) is 12.4 Å². The van der Waals surface area contributed by atoms with Crippen LogP contribution in [0.2, 0.25) is 0 Å². The van der Waals surface area contributed by atoms with Crippen molar-refractivity contribution in [3.8, 4) is 0 Å². The molecule has 4 nitrogen and oxygen atoms in total. The maximum atomic E-state index is 11.5. The Morgan fingerprint density at radius 2 is 2.07 bits per heavy atom. The fourth-order valence-electron chi connectivity index (χ4n) is 0.866. The van der Waals surface area contributed by atoms with Gasteiger partial charge >= 0.3 is 0 Å². The molecule has 0 saturated heterocycles. The second-order valence-corrected chi connectivity index (χ2v) is 3.34. The molecule has 2 rings (SSSR count). The molecule has 0 bridgehead atoms. The summed E-state index contributed by atoms with van der Waals surface area (Å²) >= 11 is 0.946. The molecule has 2 aromatic rings. The first-order valence-corrected chi connectivity index (χ1v) is 4.70. The predicted octanol–water partition coefficient (Wildman–Crippen LogP) is 2.00. The fourth-order valence-corrected chi connectivity index (χ4v) is 1.48. The minimum atomic E-state index is -0.193. The van der Waals surface area contributed by atoms with Crippen LogP contribution >= 0.6 is 11.8 Å². The number of carbonyl (C=O) groups excluding carboxylic acids is 1. The van der Waals surface area contributed by atoms with E-state index in [-0.39, 0.29) is 5.12 Å². The van der Waals surface area contributed by atoms with E-state index in [1.165, 1.54) is 6.26 Å². The molecule has 2 aromatic heterocycles. The van der Waals surface area contributed by atoms with Gasteiger partial charge in [-0.25, -0.2) is 9.97 Å². The van der Waals surface area contributed by atoms with E-state index in [1.807, 2.05) is 0 Å². The number of furan rings is 1. The summed E-state index contributed by atoms with van der Waals surface area (Å²) in [7, 11) is 0. The lowest BCUT2D eigenvalue weighted by molar-refractivity contribution is 0.106. The highest BCUT2D eigenvalue weighted by Crippen LogP contribution is 2.18. The van der Waals surface area contributed by atoms with E-state index in [2.05, 4.69) is 9.97 Å². The van der Waals surface area contributed by atoms with Gasteiger partial charge in [-0.2, -0.15) is 0 Å². The summed E-state index contributed by atoms with van der Waals surface area (Å²) in [5, 5.41) is 0.232. The summed E-state index contributed by atoms with van der Waals surface area (Å²) in [6.07, 6.45) is 4.63. The monoisotopic (exact) mass is 206 g/mol. The molecule has 0 radical (unpaired) electrons. The van der Waals surface area contributed by atoms with Gasteiger partial charge in [-0.3, -0.25) is 4.79 Å².